The third-order valence-electron chi connectivity index (χ3n) is 4.03. The number of aliphatic imine (C=N–C) groups is 1. The Morgan fingerprint density at radius 1 is 1.44 bits per heavy atom. The second-order valence-corrected chi connectivity index (χ2v) is 6.72. The Kier molecular flexibility index (Phi) is 10.9. The van der Waals surface area contributed by atoms with E-state index in [1.807, 2.05) is 0 Å². The minimum absolute atomic E-state index is 0. The van der Waals surface area contributed by atoms with Crippen molar-refractivity contribution in [3.63, 3.8) is 0 Å². The fraction of sp³-hybridized carbons (Fsp3) is 0.588. The quantitative estimate of drug-likeness (QED) is 0.255. The van der Waals surface area contributed by atoms with E-state index in [-0.39, 0.29) is 29.8 Å². The maximum atomic E-state index is 13.8. The molecule has 8 heteroatoms. The first kappa shape index (κ1) is 22.6. The summed E-state index contributed by atoms with van der Waals surface area (Å²) >= 11 is 3.37. The Bertz CT molecular complexity index is 563. The average molecular weight is 530 g/mol. The lowest BCUT2D eigenvalue weighted by molar-refractivity contribution is 0.0536. The zero-order valence-corrected chi connectivity index (χ0v) is 18.6. The number of nitrogens with zero attached hydrogens (tertiary/aromatic N) is 2. The van der Waals surface area contributed by atoms with Crippen LogP contribution < -0.4 is 5.32 Å². The lowest BCUT2D eigenvalue weighted by Gasteiger charge is -2.22. The van der Waals surface area contributed by atoms with E-state index in [1.54, 1.807) is 26.3 Å². The highest BCUT2D eigenvalue weighted by Crippen LogP contribution is 2.18. The molecule has 1 aromatic rings. The fourth-order valence-corrected chi connectivity index (χ4v) is 3.15. The molecule has 0 saturated carbocycles. The predicted molar refractivity (Wildman–Crippen MR) is 112 cm³/mol. The monoisotopic (exact) mass is 529 g/mol. The van der Waals surface area contributed by atoms with Gasteiger partial charge in [0, 0.05) is 49.7 Å². The van der Waals surface area contributed by atoms with Gasteiger partial charge in [-0.3, -0.25) is 4.99 Å². The highest BCUT2D eigenvalue weighted by atomic mass is 127. The zero-order chi connectivity index (χ0) is 17.4. The molecule has 25 heavy (non-hydrogen) atoms. The average Bonchev–Trinajstić information content (AvgIpc) is 3.04. The molecule has 1 aromatic carbocycles. The van der Waals surface area contributed by atoms with E-state index in [0.29, 0.717) is 31.2 Å². The van der Waals surface area contributed by atoms with Gasteiger partial charge in [-0.25, -0.2) is 4.39 Å². The van der Waals surface area contributed by atoms with Crippen LogP contribution in [0.4, 0.5) is 4.39 Å². The van der Waals surface area contributed by atoms with Crippen molar-refractivity contribution in [3.8, 4) is 0 Å². The van der Waals surface area contributed by atoms with Gasteiger partial charge in [0.25, 0.3) is 0 Å². The highest BCUT2D eigenvalue weighted by molar-refractivity contribution is 14.0. The number of rotatable bonds is 7. The number of benzene rings is 1. The smallest absolute Gasteiger partial charge is 0.193 e. The molecule has 0 amide bonds. The van der Waals surface area contributed by atoms with Crippen molar-refractivity contribution in [3.05, 3.63) is 34.1 Å². The summed E-state index contributed by atoms with van der Waals surface area (Å²) in [6, 6.07) is 4.95. The first-order valence-corrected chi connectivity index (χ1v) is 8.89. The van der Waals surface area contributed by atoms with Crippen LogP contribution in [-0.2, 0) is 16.0 Å². The van der Waals surface area contributed by atoms with E-state index in [9.17, 15) is 4.39 Å². The molecule has 0 aromatic heterocycles. The van der Waals surface area contributed by atoms with Crippen LogP contribution in [0.5, 0.6) is 0 Å². The van der Waals surface area contributed by atoms with E-state index >= 15 is 0 Å². The molecular weight excluding hydrogens is 504 g/mol. The fourth-order valence-electron chi connectivity index (χ4n) is 2.74. The molecule has 0 bridgehead atoms. The number of methoxy groups -OCH3 is 1. The summed E-state index contributed by atoms with van der Waals surface area (Å²) in [5.74, 6) is 1.07. The van der Waals surface area contributed by atoms with Crippen molar-refractivity contribution < 1.29 is 13.9 Å². The Balaban J connectivity index is 0.00000312. The van der Waals surface area contributed by atoms with Crippen molar-refractivity contribution in [2.45, 2.75) is 13.0 Å². The van der Waals surface area contributed by atoms with Crippen LogP contribution in [0.2, 0.25) is 0 Å². The zero-order valence-electron chi connectivity index (χ0n) is 14.6. The number of nitrogens with one attached hydrogen (secondary N) is 1. The van der Waals surface area contributed by atoms with Gasteiger partial charge in [0.05, 0.1) is 19.8 Å². The van der Waals surface area contributed by atoms with Crippen LogP contribution in [0.25, 0.3) is 0 Å². The minimum atomic E-state index is -0.216. The van der Waals surface area contributed by atoms with Gasteiger partial charge in [0.15, 0.2) is 5.96 Å². The van der Waals surface area contributed by atoms with E-state index in [4.69, 9.17) is 9.47 Å². The van der Waals surface area contributed by atoms with Crippen molar-refractivity contribution in [2.24, 2.45) is 10.9 Å². The molecule has 1 aliphatic rings. The lowest BCUT2D eigenvalue weighted by Crippen LogP contribution is -2.40. The predicted octanol–water partition coefficient (Wildman–Crippen LogP) is 3.27. The summed E-state index contributed by atoms with van der Waals surface area (Å²) in [6.45, 7) is 4.22. The molecule has 0 spiro atoms. The second-order valence-electron chi connectivity index (χ2n) is 5.80. The van der Waals surface area contributed by atoms with E-state index in [0.717, 1.165) is 36.5 Å². The van der Waals surface area contributed by atoms with Crippen LogP contribution in [0.15, 0.2) is 27.7 Å². The molecule has 1 saturated heterocycles. The molecule has 142 valence electrons. The maximum absolute atomic E-state index is 13.8. The lowest BCUT2D eigenvalue weighted by atomic mass is 10.1. The van der Waals surface area contributed by atoms with Crippen molar-refractivity contribution >= 4 is 45.9 Å². The molecule has 1 heterocycles. The topological polar surface area (TPSA) is 46.1 Å². The van der Waals surface area contributed by atoms with Crippen LogP contribution in [-0.4, -0.2) is 57.9 Å². The first-order valence-electron chi connectivity index (χ1n) is 8.10. The summed E-state index contributed by atoms with van der Waals surface area (Å²) in [6.07, 6.45) is 1.07. The Labute approximate surface area is 174 Å². The van der Waals surface area contributed by atoms with Gasteiger partial charge < -0.3 is 19.7 Å². The number of hydrogen-bond acceptors (Lipinski definition) is 3. The standard InChI is InChI=1S/C17H25BrFN3O2.HI/c1-20-17(21-10-14-9-15(18)3-4-16(14)19)22-6-5-13(11-22)12-24-8-7-23-2;/h3-4,9,13H,5-8,10-12H2,1-2H3,(H,20,21);1H. The number of ether oxygens (including phenoxy) is 2. The molecule has 1 N–H and O–H groups in total. The van der Waals surface area contributed by atoms with Gasteiger partial charge in [-0.05, 0) is 24.6 Å². The summed E-state index contributed by atoms with van der Waals surface area (Å²) in [7, 11) is 3.42. The summed E-state index contributed by atoms with van der Waals surface area (Å²) < 4.78 is 25.3. The Morgan fingerprint density at radius 3 is 2.96 bits per heavy atom. The molecule has 5 nitrogen and oxygen atoms in total. The minimum Gasteiger partial charge on any atom is -0.382 e. The summed E-state index contributed by atoms with van der Waals surface area (Å²) in [4.78, 5) is 6.51. The van der Waals surface area contributed by atoms with Gasteiger partial charge in [-0.2, -0.15) is 0 Å². The molecule has 1 unspecified atom stereocenters. The first-order chi connectivity index (χ1) is 11.6. The van der Waals surface area contributed by atoms with Gasteiger partial charge >= 0.3 is 0 Å². The number of halogens is 3. The Morgan fingerprint density at radius 2 is 2.24 bits per heavy atom. The number of likely N-dealkylation sites (tertiary alicyclic amines) is 1. The van der Waals surface area contributed by atoms with Crippen molar-refractivity contribution in [1.82, 2.24) is 10.2 Å². The third-order valence-corrected chi connectivity index (χ3v) is 4.52. The van der Waals surface area contributed by atoms with Gasteiger partial charge in [0.2, 0.25) is 0 Å². The highest BCUT2D eigenvalue weighted by Gasteiger charge is 2.25. The summed E-state index contributed by atoms with van der Waals surface area (Å²) in [5.41, 5.74) is 0.615. The van der Waals surface area contributed by atoms with Crippen LogP contribution >= 0.6 is 39.9 Å². The molecule has 1 fully saturated rings. The molecule has 0 aliphatic carbocycles. The number of guanidine groups is 1. The Hall–Kier alpha value is -0.450. The van der Waals surface area contributed by atoms with E-state index < -0.39 is 0 Å². The molecular formula is C17H26BrFIN3O2. The van der Waals surface area contributed by atoms with E-state index in [1.165, 1.54) is 6.07 Å². The van der Waals surface area contributed by atoms with Crippen LogP contribution in [0.3, 0.4) is 0 Å². The molecule has 1 aliphatic heterocycles. The third kappa shape index (κ3) is 7.36. The SMILES string of the molecule is CN=C(NCc1cc(Br)ccc1F)N1CCC(COCCOC)C1.I. The van der Waals surface area contributed by atoms with E-state index in [2.05, 4.69) is 31.1 Å². The maximum Gasteiger partial charge on any atom is 0.193 e. The van der Waals surface area contributed by atoms with Crippen LogP contribution in [0, 0.1) is 11.7 Å². The van der Waals surface area contributed by atoms with Crippen molar-refractivity contribution in [2.75, 3.05) is 47.1 Å². The van der Waals surface area contributed by atoms with Gasteiger partial charge in [0.1, 0.15) is 5.82 Å². The van der Waals surface area contributed by atoms with Crippen LogP contribution in [0.1, 0.15) is 12.0 Å². The number of hydrogen-bond donors (Lipinski definition) is 1. The molecule has 0 radical (unpaired) electrons. The van der Waals surface area contributed by atoms with Crippen molar-refractivity contribution in [1.29, 1.82) is 0 Å². The second kappa shape index (κ2) is 12.0. The van der Waals surface area contributed by atoms with Gasteiger partial charge in [-0.1, -0.05) is 15.9 Å². The molecule has 1 atom stereocenters. The van der Waals surface area contributed by atoms with Gasteiger partial charge in [-0.15, -0.1) is 24.0 Å². The molecule has 2 rings (SSSR count). The normalized spacial score (nSPS) is 17.5. The summed E-state index contributed by atoms with van der Waals surface area (Å²) in [5, 5.41) is 3.25. The largest absolute Gasteiger partial charge is 0.382 e.